The molecule has 0 aliphatic heterocycles. The maximum Gasteiger partial charge on any atom is 0.462 e. The molecule has 1 amide bonds. The average Bonchev–Trinajstić information content (AvgIpc) is 2.65. The summed E-state index contributed by atoms with van der Waals surface area (Å²) >= 11 is 0. The number of alkyl halides is 17. The fourth-order valence-electron chi connectivity index (χ4n) is 1.81. The maximum atomic E-state index is 14.3. The second kappa shape index (κ2) is 9.03. The highest BCUT2D eigenvalue weighted by atomic mass is 19.4. The number of carbonyl (C=O) groups excluding carboxylic acids is 1. The first kappa shape index (κ1) is 31.4. The van der Waals surface area contributed by atoms with Gasteiger partial charge in [-0.25, -0.2) is 0 Å². The molecule has 0 saturated carbocycles. The monoisotopic (exact) mass is 572 g/mol. The Morgan fingerprint density at radius 2 is 1.19 bits per heavy atom. The van der Waals surface area contributed by atoms with Crippen molar-refractivity contribution in [2.75, 3.05) is 5.32 Å². The van der Waals surface area contributed by atoms with Gasteiger partial charge in [0, 0.05) is 6.20 Å². The Kier molecular flexibility index (Phi) is 7.87. The first-order chi connectivity index (χ1) is 15.7. The number of halogens is 17. The van der Waals surface area contributed by atoms with E-state index >= 15 is 0 Å². The van der Waals surface area contributed by atoms with Crippen molar-refractivity contribution in [3.8, 4) is 0 Å². The number of hydrogen-bond acceptors (Lipinski definition) is 4. The van der Waals surface area contributed by atoms with Gasteiger partial charge < -0.3 is 5.32 Å². The topological polar surface area (TPSA) is 60.5 Å². The molecule has 2 atom stereocenters. The first-order valence-corrected chi connectivity index (χ1v) is 7.99. The van der Waals surface area contributed by atoms with Gasteiger partial charge in [0.1, 0.15) is 0 Å². The summed E-state index contributed by atoms with van der Waals surface area (Å²) in [5, 5.41) is 0.778. The number of pyridine rings is 1. The van der Waals surface area contributed by atoms with Gasteiger partial charge in [0.2, 0.25) is 0 Å². The van der Waals surface area contributed by atoms with Crippen molar-refractivity contribution in [1.82, 2.24) is 4.98 Å². The van der Waals surface area contributed by atoms with Gasteiger partial charge in [-0.15, -0.1) is 0 Å². The molecule has 0 aromatic carbocycles. The molecule has 1 aromatic heterocycles. The molecule has 0 bridgehead atoms. The van der Waals surface area contributed by atoms with Crippen LogP contribution in [-0.2, 0) is 14.3 Å². The lowest BCUT2D eigenvalue weighted by atomic mass is 10.2. The van der Waals surface area contributed by atoms with E-state index in [4.69, 9.17) is 0 Å². The number of rotatable bonds is 8. The Labute approximate surface area is 185 Å². The van der Waals surface area contributed by atoms with Crippen LogP contribution in [0.1, 0.15) is 0 Å². The van der Waals surface area contributed by atoms with E-state index in [-0.39, 0.29) is 0 Å². The molecule has 0 aliphatic carbocycles. The molecule has 1 rings (SSSR count). The molecule has 1 heterocycles. The van der Waals surface area contributed by atoms with Gasteiger partial charge in [0.25, 0.3) is 5.91 Å². The van der Waals surface area contributed by atoms with E-state index in [2.05, 4.69) is 4.98 Å². The normalized spacial score (nSPS) is 17.8. The summed E-state index contributed by atoms with van der Waals surface area (Å²) in [4.78, 5) is 14.7. The van der Waals surface area contributed by atoms with Crippen LogP contribution in [0.3, 0.4) is 0 Å². The van der Waals surface area contributed by atoms with E-state index in [1.807, 2.05) is 4.74 Å². The lowest BCUT2D eigenvalue weighted by molar-refractivity contribution is -0.548. The van der Waals surface area contributed by atoms with Crippen molar-refractivity contribution in [2.45, 2.75) is 48.4 Å². The highest BCUT2D eigenvalue weighted by Crippen LogP contribution is 2.56. The van der Waals surface area contributed by atoms with Gasteiger partial charge in [0.05, 0.1) is 11.9 Å². The summed E-state index contributed by atoms with van der Waals surface area (Å²) in [6.45, 7) is 0. The van der Waals surface area contributed by atoms with Gasteiger partial charge in [0.15, 0.2) is 0 Å². The smallest absolute Gasteiger partial charge is 0.319 e. The van der Waals surface area contributed by atoms with Crippen LogP contribution in [0.4, 0.5) is 80.3 Å². The third-order valence-corrected chi connectivity index (χ3v) is 3.57. The van der Waals surface area contributed by atoms with E-state index in [0.29, 0.717) is 12.3 Å². The highest BCUT2D eigenvalue weighted by Gasteiger charge is 2.85. The van der Waals surface area contributed by atoms with E-state index < -0.39 is 60.0 Å². The largest absolute Gasteiger partial charge is 0.462 e. The van der Waals surface area contributed by atoms with E-state index in [0.717, 1.165) is 17.6 Å². The minimum atomic E-state index is -8.06. The molecule has 0 radical (unpaired) electrons. The summed E-state index contributed by atoms with van der Waals surface area (Å²) in [7, 11) is 0. The van der Waals surface area contributed by atoms with Crippen LogP contribution in [0.15, 0.2) is 24.5 Å². The minimum absolute atomic E-state index is 0.380. The third kappa shape index (κ3) is 5.52. The third-order valence-electron chi connectivity index (χ3n) is 3.57. The molecule has 36 heavy (non-hydrogen) atoms. The molecule has 0 fully saturated rings. The van der Waals surface area contributed by atoms with Crippen molar-refractivity contribution in [3.05, 3.63) is 24.5 Å². The van der Waals surface area contributed by atoms with E-state index in [1.165, 1.54) is 4.74 Å². The van der Waals surface area contributed by atoms with E-state index in [9.17, 15) is 79.4 Å². The highest BCUT2D eigenvalue weighted by molar-refractivity contribution is 5.96. The zero-order valence-corrected chi connectivity index (χ0v) is 15.9. The van der Waals surface area contributed by atoms with Crippen molar-refractivity contribution in [3.63, 3.8) is 0 Å². The van der Waals surface area contributed by atoms with Crippen molar-refractivity contribution in [2.24, 2.45) is 0 Å². The second-order valence-corrected chi connectivity index (χ2v) is 6.19. The van der Waals surface area contributed by atoms with Crippen LogP contribution in [0.5, 0.6) is 0 Å². The molecule has 22 heteroatoms. The fourth-order valence-corrected chi connectivity index (χ4v) is 1.81. The second-order valence-electron chi connectivity index (χ2n) is 6.19. The molecular formula is C14H5F17N2O3. The predicted molar refractivity (Wildman–Crippen MR) is 75.7 cm³/mol. The Morgan fingerprint density at radius 1 is 0.694 bits per heavy atom. The van der Waals surface area contributed by atoms with Gasteiger partial charge in [-0.05, 0) is 12.1 Å². The molecular weight excluding hydrogens is 567 g/mol. The predicted octanol–water partition coefficient (Wildman–Crippen LogP) is 5.89. The number of aromatic nitrogens is 1. The molecule has 0 aliphatic rings. The molecule has 0 unspecified atom stereocenters. The Balaban J connectivity index is 3.61. The average molecular weight is 572 g/mol. The summed E-state index contributed by atoms with van der Waals surface area (Å²) in [5.74, 6) is -26.3. The summed E-state index contributed by atoms with van der Waals surface area (Å²) in [6, 6.07) is 1.36. The zero-order valence-electron chi connectivity index (χ0n) is 15.9. The number of carbonyl (C=O) groups is 1. The lowest BCUT2D eigenvalue weighted by Crippen LogP contribution is -2.68. The summed E-state index contributed by atoms with van der Waals surface area (Å²) in [5.41, 5.74) is -1.00. The number of nitrogens with one attached hydrogen (secondary N) is 1. The lowest BCUT2D eigenvalue weighted by Gasteiger charge is -2.40. The van der Waals surface area contributed by atoms with Gasteiger partial charge in [-0.2, -0.15) is 74.6 Å². The summed E-state index contributed by atoms with van der Waals surface area (Å²) in [6.07, 6.45) is -37.3. The molecule has 0 saturated heterocycles. The van der Waals surface area contributed by atoms with Crippen LogP contribution >= 0.6 is 0 Å². The van der Waals surface area contributed by atoms with Crippen LogP contribution in [0.2, 0.25) is 0 Å². The zero-order chi connectivity index (χ0) is 28.8. The summed E-state index contributed by atoms with van der Waals surface area (Å²) < 4.78 is 225. The van der Waals surface area contributed by atoms with Gasteiger partial charge in [-0.1, -0.05) is 0 Å². The first-order valence-electron chi connectivity index (χ1n) is 7.99. The number of nitrogens with zero attached hydrogens (tertiary/aromatic N) is 1. The van der Waals surface area contributed by atoms with Crippen molar-refractivity contribution in [1.29, 1.82) is 0 Å². The molecule has 208 valence electrons. The molecule has 1 aromatic rings. The van der Waals surface area contributed by atoms with Crippen molar-refractivity contribution >= 4 is 11.6 Å². The SMILES string of the molecule is O=C(Nc1cccnc1)[C@](F)(OC(F)(F)[C@@](F)(OC(F)(F)C(F)(F)C(F)(F)F)C(F)(F)F)C(F)(F)F. The number of anilines is 1. The van der Waals surface area contributed by atoms with Crippen LogP contribution < -0.4 is 5.32 Å². The maximum absolute atomic E-state index is 14.3. The van der Waals surface area contributed by atoms with Crippen LogP contribution in [0, 0.1) is 0 Å². The minimum Gasteiger partial charge on any atom is -0.319 e. The Morgan fingerprint density at radius 3 is 1.56 bits per heavy atom. The molecule has 0 spiro atoms. The standard InChI is InChI=1S/C14H5F17N2O3/c15-7(10(19,20)21,6(34)33-5-2-1-3-32-4-5)35-14(30,31)9(18,12(25,26)27)36-13(28,29)8(16,17)11(22,23)24/h1-4H,(H,33,34)/t7-,9-/m0/s1. The number of ether oxygens (including phenoxy) is 2. The van der Waals surface area contributed by atoms with E-state index in [1.54, 1.807) is 0 Å². The van der Waals surface area contributed by atoms with Crippen molar-refractivity contribution < 1.29 is 88.9 Å². The Bertz CT molecular complexity index is 929. The van der Waals surface area contributed by atoms with Gasteiger partial charge in [-0.3, -0.25) is 19.3 Å². The Hall–Kier alpha value is -2.65. The fraction of sp³-hybridized carbons (Fsp3) is 0.571. The van der Waals surface area contributed by atoms with Gasteiger partial charge >= 0.3 is 48.4 Å². The molecule has 5 nitrogen and oxygen atoms in total. The number of amides is 1. The molecule has 1 N–H and O–H groups in total. The van der Waals surface area contributed by atoms with Crippen LogP contribution in [0.25, 0.3) is 0 Å². The quantitative estimate of drug-likeness (QED) is 0.395. The number of hydrogen-bond donors (Lipinski definition) is 1. The van der Waals surface area contributed by atoms with Crippen LogP contribution in [-0.4, -0.2) is 59.3 Å².